The maximum atomic E-state index is 13.1. The lowest BCUT2D eigenvalue weighted by Crippen LogP contribution is -2.35. The van der Waals surface area contributed by atoms with Crippen LogP contribution in [-0.2, 0) is 24.3 Å². The van der Waals surface area contributed by atoms with Gasteiger partial charge in [-0.2, -0.15) is 4.31 Å². The molecule has 1 amide bonds. The fraction of sp³-hybridized carbons (Fsp3) is 0.348. The maximum absolute atomic E-state index is 13.1. The highest BCUT2D eigenvalue weighted by atomic mass is 32.2. The highest BCUT2D eigenvalue weighted by Gasteiger charge is 2.29. The number of rotatable bonds is 8. The topological polar surface area (TPSA) is 128 Å². The van der Waals surface area contributed by atoms with E-state index in [0.717, 1.165) is 19.3 Å². The number of amides is 1. The number of sulfonamides is 1. The van der Waals surface area contributed by atoms with Gasteiger partial charge in [0.05, 0.1) is 25.3 Å². The van der Waals surface area contributed by atoms with Gasteiger partial charge < -0.3 is 19.5 Å². The Morgan fingerprint density at radius 2 is 1.59 bits per heavy atom. The Kier molecular flexibility index (Phi) is 8.24. The molecule has 2 aromatic carbocycles. The van der Waals surface area contributed by atoms with Gasteiger partial charge in [0.25, 0.3) is 5.91 Å². The van der Waals surface area contributed by atoms with Crippen LogP contribution in [0.5, 0.6) is 5.75 Å². The van der Waals surface area contributed by atoms with Gasteiger partial charge in [-0.15, -0.1) is 0 Å². The zero-order chi connectivity index (χ0) is 24.7. The maximum Gasteiger partial charge on any atom is 0.339 e. The number of nitrogens with one attached hydrogen (secondary N) is 1. The average molecular weight is 491 g/mol. The van der Waals surface area contributed by atoms with Crippen LogP contribution in [0, 0.1) is 0 Å². The van der Waals surface area contributed by atoms with E-state index in [0.29, 0.717) is 13.1 Å². The number of hydrogen-bond donors (Lipinski definition) is 1. The summed E-state index contributed by atoms with van der Waals surface area (Å²) in [6.07, 6.45) is 2.53. The molecule has 0 saturated carbocycles. The van der Waals surface area contributed by atoms with Crippen molar-refractivity contribution in [2.75, 3.05) is 39.2 Å². The summed E-state index contributed by atoms with van der Waals surface area (Å²) in [6.45, 7) is 0.199. The first-order valence-electron chi connectivity index (χ1n) is 10.6. The van der Waals surface area contributed by atoms with Crippen molar-refractivity contribution in [3.05, 3.63) is 53.6 Å². The number of methoxy groups -OCH3 is 2. The van der Waals surface area contributed by atoms with Crippen LogP contribution in [-0.4, -0.2) is 64.5 Å². The monoisotopic (exact) mass is 490 g/mol. The molecule has 11 heteroatoms. The first-order chi connectivity index (χ1) is 16.3. The van der Waals surface area contributed by atoms with E-state index >= 15 is 0 Å². The van der Waals surface area contributed by atoms with Gasteiger partial charge in [0.2, 0.25) is 10.0 Å². The Balaban J connectivity index is 1.70. The lowest BCUT2D eigenvalue weighted by molar-refractivity contribution is -0.119. The SMILES string of the molecule is COC(=O)c1ccccc1C(=O)OCC(=O)Nc1ccc(OC)c(S(=O)(=O)N2CCCCC2)c1. The van der Waals surface area contributed by atoms with E-state index in [4.69, 9.17) is 9.47 Å². The molecule has 1 fully saturated rings. The van der Waals surface area contributed by atoms with Gasteiger partial charge in [-0.3, -0.25) is 4.79 Å². The molecule has 0 atom stereocenters. The van der Waals surface area contributed by atoms with E-state index in [1.54, 1.807) is 12.1 Å². The molecule has 0 unspecified atom stereocenters. The number of carbonyl (C=O) groups is 3. The zero-order valence-electron chi connectivity index (χ0n) is 18.9. The molecular weight excluding hydrogens is 464 g/mol. The molecule has 2 aromatic rings. The van der Waals surface area contributed by atoms with Crippen molar-refractivity contribution in [2.24, 2.45) is 0 Å². The molecule has 10 nitrogen and oxygen atoms in total. The van der Waals surface area contributed by atoms with Crippen molar-refractivity contribution < 1.29 is 37.0 Å². The second kappa shape index (κ2) is 11.1. The van der Waals surface area contributed by atoms with Crippen molar-refractivity contribution in [1.82, 2.24) is 4.31 Å². The van der Waals surface area contributed by atoms with Gasteiger partial charge in [-0.1, -0.05) is 18.6 Å². The summed E-state index contributed by atoms with van der Waals surface area (Å²) in [5.41, 5.74) is 0.173. The van der Waals surface area contributed by atoms with E-state index in [2.05, 4.69) is 10.1 Å². The van der Waals surface area contributed by atoms with Crippen LogP contribution in [0.3, 0.4) is 0 Å². The molecular formula is C23H26N2O8S. The van der Waals surface area contributed by atoms with E-state index in [9.17, 15) is 22.8 Å². The molecule has 1 aliphatic heterocycles. The van der Waals surface area contributed by atoms with Crippen LogP contribution in [0.25, 0.3) is 0 Å². The first kappa shape index (κ1) is 25.2. The number of anilines is 1. The minimum atomic E-state index is -3.81. The molecule has 1 N–H and O–H groups in total. The van der Waals surface area contributed by atoms with E-state index in [1.165, 1.54) is 48.9 Å². The molecule has 0 spiro atoms. The van der Waals surface area contributed by atoms with Crippen LogP contribution in [0.4, 0.5) is 5.69 Å². The summed E-state index contributed by atoms with van der Waals surface area (Å²) in [7, 11) is -1.26. The number of esters is 2. The number of benzene rings is 2. The van der Waals surface area contributed by atoms with Gasteiger partial charge in [-0.05, 0) is 43.2 Å². The van der Waals surface area contributed by atoms with Gasteiger partial charge in [0.1, 0.15) is 10.6 Å². The third-order valence-electron chi connectivity index (χ3n) is 5.27. The van der Waals surface area contributed by atoms with Crippen LogP contribution in [0.15, 0.2) is 47.4 Å². The van der Waals surface area contributed by atoms with E-state index < -0.39 is 34.5 Å². The Morgan fingerprint density at radius 3 is 2.21 bits per heavy atom. The predicted molar refractivity (Wildman–Crippen MR) is 122 cm³/mol. The lowest BCUT2D eigenvalue weighted by atomic mass is 10.1. The van der Waals surface area contributed by atoms with Crippen molar-refractivity contribution in [3.63, 3.8) is 0 Å². The molecule has 3 rings (SSSR count). The van der Waals surface area contributed by atoms with Gasteiger partial charge in [-0.25, -0.2) is 18.0 Å². The van der Waals surface area contributed by atoms with Crippen LogP contribution in [0.2, 0.25) is 0 Å². The number of nitrogens with zero attached hydrogens (tertiary/aromatic N) is 1. The minimum Gasteiger partial charge on any atom is -0.495 e. The summed E-state index contributed by atoms with van der Waals surface area (Å²) in [6, 6.07) is 10.2. The molecule has 1 saturated heterocycles. The van der Waals surface area contributed by atoms with Crippen molar-refractivity contribution in [2.45, 2.75) is 24.2 Å². The fourth-order valence-electron chi connectivity index (χ4n) is 3.56. The van der Waals surface area contributed by atoms with Crippen molar-refractivity contribution >= 4 is 33.6 Å². The summed E-state index contributed by atoms with van der Waals surface area (Å²) < 4.78 is 42.5. The lowest BCUT2D eigenvalue weighted by Gasteiger charge is -2.26. The third-order valence-corrected chi connectivity index (χ3v) is 7.19. The first-order valence-corrected chi connectivity index (χ1v) is 12.0. The number of piperidine rings is 1. The molecule has 0 radical (unpaired) electrons. The largest absolute Gasteiger partial charge is 0.495 e. The molecule has 0 aromatic heterocycles. The Labute approximate surface area is 197 Å². The second-order valence-corrected chi connectivity index (χ2v) is 9.40. The Morgan fingerprint density at radius 1 is 0.941 bits per heavy atom. The second-order valence-electron chi connectivity index (χ2n) is 7.49. The van der Waals surface area contributed by atoms with E-state index in [-0.39, 0.29) is 27.5 Å². The van der Waals surface area contributed by atoms with Crippen molar-refractivity contribution in [3.8, 4) is 5.75 Å². The number of hydrogen-bond acceptors (Lipinski definition) is 8. The quantitative estimate of drug-likeness (QED) is 0.559. The third kappa shape index (κ3) is 5.72. The minimum absolute atomic E-state index is 0.0122. The highest BCUT2D eigenvalue weighted by molar-refractivity contribution is 7.89. The van der Waals surface area contributed by atoms with Crippen LogP contribution >= 0.6 is 0 Å². The van der Waals surface area contributed by atoms with Gasteiger partial charge in [0.15, 0.2) is 6.61 Å². The Bertz CT molecular complexity index is 1170. The normalized spacial score (nSPS) is 14.2. The summed E-state index contributed by atoms with van der Waals surface area (Å²) in [4.78, 5) is 36.5. The molecule has 182 valence electrons. The molecule has 0 bridgehead atoms. The smallest absolute Gasteiger partial charge is 0.339 e. The Hall–Kier alpha value is -3.44. The van der Waals surface area contributed by atoms with Gasteiger partial charge >= 0.3 is 11.9 Å². The average Bonchev–Trinajstić information content (AvgIpc) is 2.87. The van der Waals surface area contributed by atoms with Gasteiger partial charge in [0, 0.05) is 18.8 Å². The highest BCUT2D eigenvalue weighted by Crippen LogP contribution is 2.31. The number of carbonyl (C=O) groups excluding carboxylic acids is 3. The molecule has 34 heavy (non-hydrogen) atoms. The van der Waals surface area contributed by atoms with Crippen LogP contribution < -0.4 is 10.1 Å². The molecule has 1 aliphatic rings. The summed E-state index contributed by atoms with van der Waals surface area (Å²) >= 11 is 0. The fourth-order valence-corrected chi connectivity index (χ4v) is 5.25. The summed E-state index contributed by atoms with van der Waals surface area (Å²) in [5, 5.41) is 2.52. The molecule has 1 heterocycles. The summed E-state index contributed by atoms with van der Waals surface area (Å²) in [5.74, 6) is -2.11. The molecule has 0 aliphatic carbocycles. The standard InChI is InChI=1S/C23H26N2O8S/c1-31-19-11-10-16(14-20(19)34(29,30)25-12-6-3-7-13-25)24-21(26)15-33-23(28)18-9-5-4-8-17(18)22(27)32-2/h4-5,8-11,14H,3,6-7,12-13,15H2,1-2H3,(H,24,26). The van der Waals surface area contributed by atoms with Crippen LogP contribution in [0.1, 0.15) is 40.0 Å². The van der Waals surface area contributed by atoms with Crippen molar-refractivity contribution in [1.29, 1.82) is 0 Å². The predicted octanol–water partition coefficient (Wildman–Crippen LogP) is 2.45. The van der Waals surface area contributed by atoms with E-state index in [1.807, 2.05) is 0 Å². The zero-order valence-corrected chi connectivity index (χ0v) is 19.7. The number of ether oxygens (including phenoxy) is 3.